The lowest BCUT2D eigenvalue weighted by atomic mass is 10.0. The fraction of sp³-hybridized carbons (Fsp3) is 0.929. The first-order valence-corrected chi connectivity index (χ1v) is 28.5. The van der Waals surface area contributed by atoms with Crippen LogP contribution in [-0.2, 0) is 28.5 Å². The van der Waals surface area contributed by atoms with Gasteiger partial charge in [0.15, 0.2) is 0 Å². The van der Waals surface area contributed by atoms with E-state index < -0.39 is 0 Å². The molecule has 0 spiro atoms. The van der Waals surface area contributed by atoms with Crippen molar-refractivity contribution in [3.63, 3.8) is 0 Å². The molecule has 0 heterocycles. The minimum absolute atomic E-state index is 0.0181. The maximum atomic E-state index is 12.6. The lowest BCUT2D eigenvalue weighted by Crippen LogP contribution is -2.29. The summed E-state index contributed by atoms with van der Waals surface area (Å²) in [5.74, 6) is -0.478. The van der Waals surface area contributed by atoms with Gasteiger partial charge in [0.05, 0.1) is 13.2 Å². The van der Waals surface area contributed by atoms with Gasteiger partial charge in [-0.15, -0.1) is 0 Å². The van der Waals surface area contributed by atoms with Crippen LogP contribution in [0.3, 0.4) is 0 Å². The molecule has 0 atom stereocenters. The number of hydrogen-bond donors (Lipinski definition) is 2. The van der Waals surface area contributed by atoms with Crippen molar-refractivity contribution in [1.29, 1.82) is 0 Å². The summed E-state index contributed by atoms with van der Waals surface area (Å²) in [5.41, 5.74) is 0. The molecule has 0 saturated heterocycles. The monoisotopic (exact) mass is 937 g/mol. The number of unbranched alkanes of at least 4 members (excludes halogenated alkanes) is 28. The van der Waals surface area contributed by atoms with Gasteiger partial charge in [0.1, 0.15) is 12.2 Å². The van der Waals surface area contributed by atoms with Crippen LogP contribution in [0.15, 0.2) is 0 Å². The van der Waals surface area contributed by atoms with Gasteiger partial charge in [-0.25, -0.2) is 9.59 Å². The minimum Gasteiger partial charge on any atom is -0.465 e. The van der Waals surface area contributed by atoms with Gasteiger partial charge in [0.25, 0.3) is 0 Å². The number of carbonyl (C=O) groups is 4. The molecule has 10 nitrogen and oxygen atoms in total. The van der Waals surface area contributed by atoms with E-state index in [4.69, 9.17) is 18.9 Å². The first-order valence-electron chi connectivity index (χ1n) is 28.5. The van der Waals surface area contributed by atoms with E-state index in [2.05, 4.69) is 38.3 Å². The van der Waals surface area contributed by atoms with Gasteiger partial charge in [-0.3, -0.25) is 9.59 Å². The highest BCUT2D eigenvalue weighted by Crippen LogP contribution is 2.19. The van der Waals surface area contributed by atoms with E-state index in [1.807, 2.05) is 6.92 Å². The first kappa shape index (κ1) is 63.5. The number of carbonyl (C=O) groups excluding carboxylic acids is 4. The Morgan fingerprint density at radius 3 is 0.909 bits per heavy atom. The van der Waals surface area contributed by atoms with Gasteiger partial charge in [-0.2, -0.15) is 0 Å². The van der Waals surface area contributed by atoms with Gasteiger partial charge < -0.3 is 29.6 Å². The predicted molar refractivity (Wildman–Crippen MR) is 275 cm³/mol. The zero-order valence-electron chi connectivity index (χ0n) is 44.1. The Labute approximate surface area is 407 Å². The van der Waals surface area contributed by atoms with Crippen molar-refractivity contribution in [3.8, 4) is 0 Å². The molecule has 0 aliphatic carbocycles. The quantitative estimate of drug-likeness (QED) is 0.0350. The highest BCUT2D eigenvalue weighted by molar-refractivity contribution is 5.70. The minimum atomic E-state index is -0.281. The van der Waals surface area contributed by atoms with Gasteiger partial charge in [0.2, 0.25) is 0 Å². The summed E-state index contributed by atoms with van der Waals surface area (Å²) >= 11 is 0. The number of ether oxygens (including phenoxy) is 4. The Kier molecular flexibility index (Phi) is 48.4. The van der Waals surface area contributed by atoms with E-state index >= 15 is 0 Å². The molecule has 0 aliphatic rings. The molecule has 0 bridgehead atoms. The SMILES string of the molecule is CCCCCCCCC(CCCCCCCC)OC(=O)NCCCCCCCC(=O)OCC(C)COC(=O)CCCCCCCNC(=O)OC(CCCCCCCC)CCCCCCCC. The van der Waals surface area contributed by atoms with Gasteiger partial charge in [-0.05, 0) is 77.0 Å². The topological polar surface area (TPSA) is 129 Å². The van der Waals surface area contributed by atoms with Crippen LogP contribution < -0.4 is 10.6 Å². The van der Waals surface area contributed by atoms with Crippen LogP contribution in [0, 0.1) is 5.92 Å². The fourth-order valence-corrected chi connectivity index (χ4v) is 8.41. The standard InChI is InChI=1S/C56H108N2O8/c1-6-10-14-18-24-32-40-51(41-33-25-19-15-11-7-2)65-55(61)57-46-38-30-22-28-36-44-53(59)63-48-50(5)49-64-54(60)45-37-29-23-31-39-47-58-56(62)66-52(42-34-26-20-16-12-8-3)43-35-27-21-17-13-9-4/h50-52H,6-49H2,1-5H3,(H,57,61)(H,58,62). The Morgan fingerprint density at radius 1 is 0.348 bits per heavy atom. The third-order valence-electron chi connectivity index (χ3n) is 12.8. The molecule has 0 fully saturated rings. The van der Waals surface area contributed by atoms with Crippen molar-refractivity contribution >= 4 is 24.1 Å². The Hall–Kier alpha value is -2.52. The maximum Gasteiger partial charge on any atom is 0.407 e. The number of amides is 2. The second-order valence-electron chi connectivity index (χ2n) is 19.6. The van der Waals surface area contributed by atoms with Crippen LogP contribution in [0.4, 0.5) is 9.59 Å². The average molecular weight is 937 g/mol. The number of esters is 2. The molecule has 66 heavy (non-hydrogen) atoms. The van der Waals surface area contributed by atoms with Crippen LogP contribution in [-0.4, -0.2) is 62.6 Å². The first-order chi connectivity index (χ1) is 32.2. The van der Waals surface area contributed by atoms with Gasteiger partial charge in [0, 0.05) is 31.8 Å². The number of nitrogens with one attached hydrogen (secondary N) is 2. The normalized spacial score (nSPS) is 11.4. The molecule has 0 unspecified atom stereocenters. The summed E-state index contributed by atoms with van der Waals surface area (Å²) in [6.07, 6.45) is 43.2. The van der Waals surface area contributed by atoms with Crippen LogP contribution in [0.2, 0.25) is 0 Å². The van der Waals surface area contributed by atoms with Crippen molar-refractivity contribution in [2.75, 3.05) is 26.3 Å². The number of hydrogen-bond acceptors (Lipinski definition) is 8. The molecular weight excluding hydrogens is 829 g/mol. The molecule has 2 N–H and O–H groups in total. The highest BCUT2D eigenvalue weighted by Gasteiger charge is 2.16. The zero-order valence-corrected chi connectivity index (χ0v) is 44.1. The summed E-state index contributed by atoms with van der Waals surface area (Å²) in [6, 6.07) is 0. The van der Waals surface area contributed by atoms with Crippen molar-refractivity contribution in [2.24, 2.45) is 5.92 Å². The third kappa shape index (κ3) is 46.6. The molecule has 0 aromatic heterocycles. The summed E-state index contributed by atoms with van der Waals surface area (Å²) in [6.45, 7) is 12.6. The average Bonchev–Trinajstić information content (AvgIpc) is 3.30. The van der Waals surface area contributed by atoms with Gasteiger partial charge in [-0.1, -0.05) is 202 Å². The summed E-state index contributed by atoms with van der Waals surface area (Å²) < 4.78 is 22.6. The van der Waals surface area contributed by atoms with E-state index in [0.717, 1.165) is 116 Å². The van der Waals surface area contributed by atoms with E-state index in [1.54, 1.807) is 0 Å². The van der Waals surface area contributed by atoms with Crippen LogP contribution in [0.25, 0.3) is 0 Å². The number of rotatable bonds is 50. The lowest BCUT2D eigenvalue weighted by Gasteiger charge is -2.18. The molecule has 0 saturated carbocycles. The smallest absolute Gasteiger partial charge is 0.407 e. The fourth-order valence-electron chi connectivity index (χ4n) is 8.41. The van der Waals surface area contributed by atoms with E-state index in [9.17, 15) is 19.2 Å². The third-order valence-corrected chi connectivity index (χ3v) is 12.8. The zero-order chi connectivity index (χ0) is 48.4. The van der Waals surface area contributed by atoms with Crippen LogP contribution in [0.5, 0.6) is 0 Å². The summed E-state index contributed by atoms with van der Waals surface area (Å²) in [4.78, 5) is 49.7. The molecule has 0 aromatic rings. The molecule has 390 valence electrons. The van der Waals surface area contributed by atoms with Gasteiger partial charge >= 0.3 is 24.1 Å². The van der Waals surface area contributed by atoms with E-state index in [1.165, 1.54) is 128 Å². The number of alkyl carbamates (subject to hydrolysis) is 2. The maximum absolute atomic E-state index is 12.6. The second kappa shape index (κ2) is 50.4. The molecule has 0 rings (SSSR count). The van der Waals surface area contributed by atoms with Crippen molar-refractivity contribution in [3.05, 3.63) is 0 Å². The van der Waals surface area contributed by atoms with Crippen LogP contribution >= 0.6 is 0 Å². The predicted octanol–water partition coefficient (Wildman–Crippen LogP) is 16.6. The van der Waals surface area contributed by atoms with Crippen molar-refractivity contribution in [2.45, 2.75) is 304 Å². The molecule has 0 radical (unpaired) electrons. The summed E-state index contributed by atoms with van der Waals surface area (Å²) in [5, 5.41) is 5.93. The highest BCUT2D eigenvalue weighted by atomic mass is 16.6. The lowest BCUT2D eigenvalue weighted by molar-refractivity contribution is -0.148. The molecular formula is C56H108N2O8. The largest absolute Gasteiger partial charge is 0.465 e. The Balaban J connectivity index is 3.98. The van der Waals surface area contributed by atoms with Crippen LogP contribution in [0.1, 0.15) is 291 Å². The molecule has 0 aliphatic heterocycles. The van der Waals surface area contributed by atoms with Crippen molar-refractivity contribution < 1.29 is 38.1 Å². The summed E-state index contributed by atoms with van der Waals surface area (Å²) in [7, 11) is 0. The molecule has 10 heteroatoms. The Bertz CT molecular complexity index is 976. The van der Waals surface area contributed by atoms with E-state index in [-0.39, 0.29) is 55.5 Å². The van der Waals surface area contributed by atoms with Crippen molar-refractivity contribution in [1.82, 2.24) is 10.6 Å². The molecule has 2 amide bonds. The second-order valence-corrected chi connectivity index (χ2v) is 19.6. The Morgan fingerprint density at radius 2 is 0.606 bits per heavy atom. The molecule has 0 aromatic carbocycles. The van der Waals surface area contributed by atoms with E-state index in [0.29, 0.717) is 25.9 Å².